The SMILES string of the molecule is CCC(Cc1ccc2c(c1)OOC2)N(C)C(=O)C(F)(F)F. The first-order valence-corrected chi connectivity index (χ1v) is 6.58. The number of alkyl halides is 3. The molecule has 0 bridgehead atoms. The van der Waals surface area contributed by atoms with Crippen molar-refractivity contribution in [1.29, 1.82) is 0 Å². The topological polar surface area (TPSA) is 38.8 Å². The Morgan fingerprint density at radius 2 is 2.14 bits per heavy atom. The van der Waals surface area contributed by atoms with E-state index in [2.05, 4.69) is 0 Å². The van der Waals surface area contributed by atoms with Crippen molar-refractivity contribution in [3.63, 3.8) is 0 Å². The lowest BCUT2D eigenvalue weighted by atomic mass is 10.0. The van der Waals surface area contributed by atoms with Gasteiger partial charge in [-0.25, -0.2) is 0 Å². The fourth-order valence-electron chi connectivity index (χ4n) is 2.27. The van der Waals surface area contributed by atoms with Gasteiger partial charge in [-0.1, -0.05) is 19.1 Å². The van der Waals surface area contributed by atoms with E-state index >= 15 is 0 Å². The van der Waals surface area contributed by atoms with Crippen molar-refractivity contribution < 1.29 is 27.7 Å². The van der Waals surface area contributed by atoms with E-state index in [0.29, 0.717) is 25.2 Å². The summed E-state index contributed by atoms with van der Waals surface area (Å²) in [6.45, 7) is 2.11. The maximum Gasteiger partial charge on any atom is 0.471 e. The molecule has 1 amide bonds. The molecule has 1 aromatic rings. The third-order valence-electron chi connectivity index (χ3n) is 3.55. The third kappa shape index (κ3) is 3.47. The number of likely N-dealkylation sites (N-methyl/N-ethyl adjacent to an activating group) is 1. The van der Waals surface area contributed by atoms with E-state index in [4.69, 9.17) is 9.78 Å². The Hall–Kier alpha value is -1.76. The van der Waals surface area contributed by atoms with Gasteiger partial charge in [0.1, 0.15) is 6.61 Å². The predicted octanol–water partition coefficient (Wildman–Crippen LogP) is 2.85. The van der Waals surface area contributed by atoms with Gasteiger partial charge >= 0.3 is 12.1 Å². The van der Waals surface area contributed by atoms with Gasteiger partial charge in [0.15, 0.2) is 5.75 Å². The summed E-state index contributed by atoms with van der Waals surface area (Å²) < 4.78 is 37.5. The first kappa shape index (κ1) is 15.6. The van der Waals surface area contributed by atoms with Crippen molar-refractivity contribution in [2.75, 3.05) is 7.05 Å². The molecule has 7 heteroatoms. The number of benzene rings is 1. The molecule has 116 valence electrons. The zero-order chi connectivity index (χ0) is 15.6. The zero-order valence-electron chi connectivity index (χ0n) is 11.7. The summed E-state index contributed by atoms with van der Waals surface area (Å²) in [6.07, 6.45) is -4.10. The molecule has 0 aromatic heterocycles. The molecule has 1 heterocycles. The smallest absolute Gasteiger partial charge is 0.337 e. The maximum absolute atomic E-state index is 12.5. The van der Waals surface area contributed by atoms with Crippen LogP contribution in [0.2, 0.25) is 0 Å². The average Bonchev–Trinajstić information content (AvgIpc) is 2.89. The number of nitrogens with zero attached hydrogens (tertiary/aromatic N) is 1. The van der Waals surface area contributed by atoms with Crippen molar-refractivity contribution in [3.8, 4) is 5.75 Å². The molecule has 1 aliphatic heterocycles. The summed E-state index contributed by atoms with van der Waals surface area (Å²) in [5.74, 6) is -1.25. The fraction of sp³-hybridized carbons (Fsp3) is 0.500. The van der Waals surface area contributed by atoms with Gasteiger partial charge in [-0.3, -0.25) is 4.79 Å². The number of hydrogen-bond acceptors (Lipinski definition) is 3. The van der Waals surface area contributed by atoms with Gasteiger partial charge in [0, 0.05) is 18.7 Å². The minimum atomic E-state index is -4.85. The van der Waals surface area contributed by atoms with Crippen LogP contribution in [0.1, 0.15) is 24.5 Å². The molecule has 1 atom stereocenters. The minimum Gasteiger partial charge on any atom is -0.337 e. The lowest BCUT2D eigenvalue weighted by molar-refractivity contribution is -0.194. The van der Waals surface area contributed by atoms with Gasteiger partial charge in [-0.2, -0.15) is 18.1 Å². The van der Waals surface area contributed by atoms with Gasteiger partial charge in [0.2, 0.25) is 0 Å². The number of carbonyl (C=O) groups excluding carboxylic acids is 1. The standard InChI is InChI=1S/C14H16F3NO3/c1-3-11(18(2)13(19)14(15,16)17)6-9-4-5-10-8-20-21-12(10)7-9/h4-5,7,11H,3,6,8H2,1-2H3. The molecule has 0 fully saturated rings. The van der Waals surface area contributed by atoms with Crippen LogP contribution in [-0.2, 0) is 22.7 Å². The van der Waals surface area contributed by atoms with Crippen LogP contribution in [0.15, 0.2) is 18.2 Å². The highest BCUT2D eigenvalue weighted by molar-refractivity contribution is 5.81. The first-order chi connectivity index (χ1) is 9.82. The molecular weight excluding hydrogens is 287 g/mol. The van der Waals surface area contributed by atoms with E-state index in [9.17, 15) is 18.0 Å². The van der Waals surface area contributed by atoms with Crippen molar-refractivity contribution in [1.82, 2.24) is 4.90 Å². The summed E-state index contributed by atoms with van der Waals surface area (Å²) in [6, 6.07) is 4.83. The van der Waals surface area contributed by atoms with E-state index < -0.39 is 18.1 Å². The molecule has 2 rings (SSSR count). The molecule has 4 nitrogen and oxygen atoms in total. The summed E-state index contributed by atoms with van der Waals surface area (Å²) in [5, 5.41) is 0. The second-order valence-electron chi connectivity index (χ2n) is 4.97. The van der Waals surface area contributed by atoms with E-state index in [-0.39, 0.29) is 0 Å². The van der Waals surface area contributed by atoms with E-state index in [0.717, 1.165) is 16.0 Å². The van der Waals surface area contributed by atoms with E-state index in [1.54, 1.807) is 13.0 Å². The summed E-state index contributed by atoms with van der Waals surface area (Å²) >= 11 is 0. The monoisotopic (exact) mass is 303 g/mol. The van der Waals surface area contributed by atoms with Crippen molar-refractivity contribution in [2.24, 2.45) is 0 Å². The molecule has 21 heavy (non-hydrogen) atoms. The Morgan fingerprint density at radius 3 is 2.76 bits per heavy atom. The van der Waals surface area contributed by atoms with Gasteiger partial charge in [-0.05, 0) is 24.5 Å². The largest absolute Gasteiger partial charge is 0.471 e. The molecule has 0 spiro atoms. The molecule has 0 radical (unpaired) electrons. The molecule has 0 saturated heterocycles. The molecule has 1 unspecified atom stereocenters. The number of fused-ring (bicyclic) bond motifs is 1. The number of hydrogen-bond donors (Lipinski definition) is 0. The van der Waals surface area contributed by atoms with Crippen LogP contribution in [0.5, 0.6) is 5.75 Å². The average molecular weight is 303 g/mol. The highest BCUT2D eigenvalue weighted by Crippen LogP contribution is 2.28. The van der Waals surface area contributed by atoms with Gasteiger partial charge in [0.05, 0.1) is 0 Å². The van der Waals surface area contributed by atoms with Crippen LogP contribution in [0.25, 0.3) is 0 Å². The zero-order valence-corrected chi connectivity index (χ0v) is 11.7. The van der Waals surface area contributed by atoms with E-state index in [1.807, 2.05) is 12.1 Å². The van der Waals surface area contributed by atoms with Crippen LogP contribution in [0, 0.1) is 0 Å². The quantitative estimate of drug-likeness (QED) is 0.803. The molecule has 0 saturated carbocycles. The van der Waals surface area contributed by atoms with Crippen molar-refractivity contribution >= 4 is 5.91 Å². The normalized spacial score (nSPS) is 15.3. The number of carbonyl (C=O) groups is 1. The van der Waals surface area contributed by atoms with Crippen LogP contribution in [-0.4, -0.2) is 30.1 Å². The van der Waals surface area contributed by atoms with Gasteiger partial charge < -0.3 is 9.79 Å². The highest BCUT2D eigenvalue weighted by Gasteiger charge is 2.42. The van der Waals surface area contributed by atoms with Gasteiger partial charge in [0.25, 0.3) is 0 Å². The number of halogens is 3. The van der Waals surface area contributed by atoms with Crippen molar-refractivity contribution in [3.05, 3.63) is 29.3 Å². The molecule has 1 aliphatic rings. The fourth-order valence-corrected chi connectivity index (χ4v) is 2.27. The van der Waals surface area contributed by atoms with Crippen molar-refractivity contribution in [2.45, 2.75) is 38.6 Å². The Kier molecular flexibility index (Phi) is 4.41. The second-order valence-corrected chi connectivity index (χ2v) is 4.97. The maximum atomic E-state index is 12.5. The molecule has 1 aromatic carbocycles. The lowest BCUT2D eigenvalue weighted by Gasteiger charge is -2.28. The summed E-state index contributed by atoms with van der Waals surface area (Å²) in [5.41, 5.74) is 1.69. The Morgan fingerprint density at radius 1 is 1.43 bits per heavy atom. The van der Waals surface area contributed by atoms with Crippen LogP contribution < -0.4 is 4.89 Å². The molecule has 0 aliphatic carbocycles. The highest BCUT2D eigenvalue weighted by atomic mass is 19.4. The van der Waals surface area contributed by atoms with Crippen LogP contribution >= 0.6 is 0 Å². The van der Waals surface area contributed by atoms with Gasteiger partial charge in [-0.15, -0.1) is 0 Å². The summed E-state index contributed by atoms with van der Waals surface area (Å²) in [7, 11) is 1.18. The third-order valence-corrected chi connectivity index (χ3v) is 3.55. The number of amides is 1. The van der Waals surface area contributed by atoms with Crippen LogP contribution in [0.3, 0.4) is 0 Å². The Labute approximate surface area is 120 Å². The predicted molar refractivity (Wildman–Crippen MR) is 68.5 cm³/mol. The van der Waals surface area contributed by atoms with Crippen LogP contribution in [0.4, 0.5) is 13.2 Å². The minimum absolute atomic E-state index is 0.325. The Bertz CT molecular complexity index is 531. The Balaban J connectivity index is 2.10. The van der Waals surface area contributed by atoms with E-state index in [1.165, 1.54) is 7.05 Å². The molecule has 0 N–H and O–H groups in total. The first-order valence-electron chi connectivity index (χ1n) is 6.58. The lowest BCUT2D eigenvalue weighted by Crippen LogP contribution is -2.45. The second kappa shape index (κ2) is 5.93. The molecular formula is C14H16F3NO3. The summed E-state index contributed by atoms with van der Waals surface area (Å²) in [4.78, 5) is 21.8. The number of rotatable bonds is 4.